The van der Waals surface area contributed by atoms with Crippen molar-refractivity contribution < 1.29 is 14.3 Å². The fourth-order valence-corrected chi connectivity index (χ4v) is 4.80. The summed E-state index contributed by atoms with van der Waals surface area (Å²) in [5.41, 5.74) is 1.78. The summed E-state index contributed by atoms with van der Waals surface area (Å²) in [7, 11) is 1.68. The van der Waals surface area contributed by atoms with Gasteiger partial charge in [-0.2, -0.15) is 0 Å². The molecule has 4 heteroatoms. The molecule has 0 spiro atoms. The Morgan fingerprint density at radius 3 is 2.54 bits per heavy atom. The van der Waals surface area contributed by atoms with Crippen LogP contribution in [-0.4, -0.2) is 37.1 Å². The van der Waals surface area contributed by atoms with E-state index >= 15 is 0 Å². The molecule has 2 atom stereocenters. The zero-order chi connectivity index (χ0) is 19.6. The van der Waals surface area contributed by atoms with Crippen molar-refractivity contribution in [1.82, 2.24) is 4.90 Å². The van der Waals surface area contributed by atoms with Gasteiger partial charge >= 0.3 is 0 Å². The summed E-state index contributed by atoms with van der Waals surface area (Å²) < 4.78 is 11.6. The number of benzene rings is 2. The lowest BCUT2D eigenvalue weighted by molar-refractivity contribution is -0.150. The average Bonchev–Trinajstić information content (AvgIpc) is 3.24. The van der Waals surface area contributed by atoms with E-state index in [-0.39, 0.29) is 18.1 Å². The Morgan fingerprint density at radius 1 is 1.07 bits per heavy atom. The second-order valence-corrected chi connectivity index (χ2v) is 8.08. The maximum atomic E-state index is 13.9. The van der Waals surface area contributed by atoms with E-state index in [1.165, 1.54) is 0 Å². The molecule has 2 aromatic carbocycles. The third kappa shape index (κ3) is 3.53. The van der Waals surface area contributed by atoms with Crippen LogP contribution < -0.4 is 4.74 Å². The van der Waals surface area contributed by atoms with Gasteiger partial charge in [-0.05, 0) is 43.0 Å². The molecule has 2 unspecified atom stereocenters. The number of amides is 1. The minimum Gasteiger partial charge on any atom is -0.497 e. The van der Waals surface area contributed by atoms with Gasteiger partial charge in [0.15, 0.2) is 0 Å². The Kier molecular flexibility index (Phi) is 5.40. The Balaban J connectivity index is 1.63. The normalized spacial score (nSPS) is 24.1. The lowest BCUT2D eigenvalue weighted by Crippen LogP contribution is -2.52. The molecule has 4 nitrogen and oxygen atoms in total. The Labute approximate surface area is 167 Å². The van der Waals surface area contributed by atoms with E-state index in [1.54, 1.807) is 7.11 Å². The second-order valence-electron chi connectivity index (χ2n) is 8.08. The number of methoxy groups -OCH3 is 1. The molecule has 4 rings (SSSR count). The van der Waals surface area contributed by atoms with Crippen molar-refractivity contribution in [2.75, 3.05) is 20.2 Å². The Hall–Kier alpha value is -2.33. The van der Waals surface area contributed by atoms with Gasteiger partial charge in [-0.1, -0.05) is 55.3 Å². The minimum absolute atomic E-state index is 0.0201. The SMILES string of the molecule is COc1cccc(C2(C(=O)N3CC(C)OC(c4ccccc4)C3)CCCC2)c1. The molecule has 0 bridgehead atoms. The molecule has 0 radical (unpaired) electrons. The number of hydrogen-bond acceptors (Lipinski definition) is 3. The van der Waals surface area contributed by atoms with Gasteiger partial charge in [-0.25, -0.2) is 0 Å². The largest absolute Gasteiger partial charge is 0.497 e. The molecular formula is C24H29NO3. The highest BCUT2D eigenvalue weighted by Gasteiger charge is 2.46. The average molecular weight is 380 g/mol. The van der Waals surface area contributed by atoms with Gasteiger partial charge in [0.25, 0.3) is 0 Å². The summed E-state index contributed by atoms with van der Waals surface area (Å²) in [5.74, 6) is 1.06. The molecule has 0 N–H and O–H groups in total. The van der Waals surface area contributed by atoms with Crippen LogP contribution in [0.3, 0.4) is 0 Å². The molecule has 1 saturated heterocycles. The number of morpholine rings is 1. The summed E-state index contributed by atoms with van der Waals surface area (Å²) in [6, 6.07) is 18.3. The van der Waals surface area contributed by atoms with Gasteiger partial charge in [0, 0.05) is 6.54 Å². The van der Waals surface area contributed by atoms with Crippen LogP contribution in [0.4, 0.5) is 0 Å². The van der Waals surface area contributed by atoms with E-state index < -0.39 is 5.41 Å². The number of carbonyl (C=O) groups is 1. The van der Waals surface area contributed by atoms with Crippen LogP contribution in [0.25, 0.3) is 0 Å². The number of carbonyl (C=O) groups excluding carboxylic acids is 1. The van der Waals surface area contributed by atoms with Gasteiger partial charge in [0.2, 0.25) is 5.91 Å². The fourth-order valence-electron chi connectivity index (χ4n) is 4.80. The molecule has 1 aliphatic heterocycles. The molecule has 1 heterocycles. The van der Waals surface area contributed by atoms with Gasteiger partial charge < -0.3 is 14.4 Å². The summed E-state index contributed by atoms with van der Waals surface area (Å²) in [6.45, 7) is 3.31. The highest BCUT2D eigenvalue weighted by Crippen LogP contribution is 2.44. The highest BCUT2D eigenvalue weighted by atomic mass is 16.5. The third-order valence-electron chi connectivity index (χ3n) is 6.21. The van der Waals surface area contributed by atoms with Crippen molar-refractivity contribution in [3.05, 3.63) is 65.7 Å². The quantitative estimate of drug-likeness (QED) is 0.785. The molecule has 2 aromatic rings. The van der Waals surface area contributed by atoms with Gasteiger partial charge in [-0.15, -0.1) is 0 Å². The molecule has 2 aliphatic rings. The lowest BCUT2D eigenvalue weighted by atomic mass is 9.77. The summed E-state index contributed by atoms with van der Waals surface area (Å²) in [4.78, 5) is 15.9. The predicted molar refractivity (Wildman–Crippen MR) is 109 cm³/mol. The van der Waals surface area contributed by atoms with Crippen LogP contribution in [0.1, 0.15) is 49.8 Å². The van der Waals surface area contributed by atoms with Gasteiger partial charge in [-0.3, -0.25) is 4.79 Å². The summed E-state index contributed by atoms with van der Waals surface area (Å²) in [5, 5.41) is 0. The number of hydrogen-bond donors (Lipinski definition) is 0. The van der Waals surface area contributed by atoms with Crippen LogP contribution in [-0.2, 0) is 14.9 Å². The number of nitrogens with zero attached hydrogens (tertiary/aromatic N) is 1. The molecule has 1 aliphatic carbocycles. The van der Waals surface area contributed by atoms with Crippen molar-refractivity contribution >= 4 is 5.91 Å². The van der Waals surface area contributed by atoms with E-state index in [2.05, 4.69) is 25.1 Å². The van der Waals surface area contributed by atoms with E-state index in [0.29, 0.717) is 13.1 Å². The summed E-state index contributed by atoms with van der Waals surface area (Å²) in [6.07, 6.45) is 3.93. The zero-order valence-corrected chi connectivity index (χ0v) is 16.8. The van der Waals surface area contributed by atoms with Crippen LogP contribution in [0, 0.1) is 0 Å². The Morgan fingerprint density at radius 2 is 1.82 bits per heavy atom. The molecular weight excluding hydrogens is 350 g/mol. The topological polar surface area (TPSA) is 38.8 Å². The molecule has 2 fully saturated rings. The first-order chi connectivity index (χ1) is 13.6. The number of ether oxygens (including phenoxy) is 2. The first kappa shape index (κ1) is 19.0. The van der Waals surface area contributed by atoms with E-state index in [1.807, 2.05) is 41.3 Å². The second kappa shape index (κ2) is 7.96. The third-order valence-corrected chi connectivity index (χ3v) is 6.21. The van der Waals surface area contributed by atoms with Crippen molar-refractivity contribution in [2.24, 2.45) is 0 Å². The van der Waals surface area contributed by atoms with Crippen LogP contribution in [0.5, 0.6) is 5.75 Å². The maximum Gasteiger partial charge on any atom is 0.233 e. The van der Waals surface area contributed by atoms with E-state index in [4.69, 9.17) is 9.47 Å². The monoisotopic (exact) mass is 379 g/mol. The standard InChI is InChI=1S/C24H29NO3/c1-18-16-25(17-22(28-18)19-9-4-3-5-10-19)23(26)24(13-6-7-14-24)20-11-8-12-21(15-20)27-2/h3-5,8-12,15,18,22H,6-7,13-14,16-17H2,1-2H3. The van der Waals surface area contributed by atoms with Crippen LogP contribution >= 0.6 is 0 Å². The molecule has 28 heavy (non-hydrogen) atoms. The van der Waals surface area contributed by atoms with E-state index in [0.717, 1.165) is 42.6 Å². The van der Waals surface area contributed by atoms with Crippen LogP contribution in [0.15, 0.2) is 54.6 Å². The van der Waals surface area contributed by atoms with Gasteiger partial charge in [0.05, 0.1) is 25.2 Å². The predicted octanol–water partition coefficient (Wildman–Crippen LogP) is 4.50. The molecule has 1 saturated carbocycles. The fraction of sp³-hybridized carbons (Fsp3) is 0.458. The molecule has 1 amide bonds. The van der Waals surface area contributed by atoms with Gasteiger partial charge in [0.1, 0.15) is 11.9 Å². The highest BCUT2D eigenvalue weighted by molar-refractivity contribution is 5.89. The first-order valence-corrected chi connectivity index (χ1v) is 10.3. The maximum absolute atomic E-state index is 13.9. The zero-order valence-electron chi connectivity index (χ0n) is 16.8. The van der Waals surface area contributed by atoms with Crippen molar-refractivity contribution in [3.63, 3.8) is 0 Å². The molecule has 0 aromatic heterocycles. The number of rotatable bonds is 4. The molecule has 148 valence electrons. The lowest BCUT2D eigenvalue weighted by Gasteiger charge is -2.41. The first-order valence-electron chi connectivity index (χ1n) is 10.3. The Bertz CT molecular complexity index is 814. The van der Waals surface area contributed by atoms with Crippen molar-refractivity contribution in [3.8, 4) is 5.75 Å². The summed E-state index contributed by atoms with van der Waals surface area (Å²) >= 11 is 0. The minimum atomic E-state index is -0.438. The van der Waals surface area contributed by atoms with E-state index in [9.17, 15) is 4.79 Å². The van der Waals surface area contributed by atoms with Crippen molar-refractivity contribution in [1.29, 1.82) is 0 Å². The van der Waals surface area contributed by atoms with Crippen molar-refractivity contribution in [2.45, 2.75) is 50.2 Å². The smallest absolute Gasteiger partial charge is 0.233 e. The van der Waals surface area contributed by atoms with Crippen LogP contribution in [0.2, 0.25) is 0 Å².